The predicted octanol–water partition coefficient (Wildman–Crippen LogP) is 3.30. The van der Waals surface area contributed by atoms with Gasteiger partial charge in [0.2, 0.25) is 0 Å². The summed E-state index contributed by atoms with van der Waals surface area (Å²) in [5.74, 6) is 1.55. The monoisotopic (exact) mass is 275 g/mol. The molecule has 1 aromatic carbocycles. The zero-order valence-corrected chi connectivity index (χ0v) is 13.0. The topological polar surface area (TPSA) is 38.3 Å². The Balaban J connectivity index is 1.87. The van der Waals surface area contributed by atoms with Crippen molar-refractivity contribution in [1.82, 2.24) is 5.32 Å². The smallest absolute Gasteiger partial charge is 0.258 e. The minimum atomic E-state index is -0.0107. The number of amides is 1. The number of hydrogen-bond donors (Lipinski definition) is 1. The molecule has 0 radical (unpaired) electrons. The van der Waals surface area contributed by atoms with Crippen LogP contribution >= 0.6 is 0 Å². The van der Waals surface area contributed by atoms with Crippen LogP contribution in [0.4, 0.5) is 0 Å². The van der Waals surface area contributed by atoms with E-state index in [1.54, 1.807) is 0 Å². The fraction of sp³-hybridized carbons (Fsp3) is 0.588. The van der Waals surface area contributed by atoms with Gasteiger partial charge in [-0.1, -0.05) is 24.6 Å². The van der Waals surface area contributed by atoms with Gasteiger partial charge in [-0.25, -0.2) is 0 Å². The van der Waals surface area contributed by atoms with Crippen molar-refractivity contribution in [2.75, 3.05) is 6.61 Å². The van der Waals surface area contributed by atoms with Crippen LogP contribution in [-0.2, 0) is 4.79 Å². The molecular formula is C17H25NO2. The second-order valence-electron chi connectivity index (χ2n) is 6.20. The Morgan fingerprint density at radius 2 is 1.90 bits per heavy atom. The summed E-state index contributed by atoms with van der Waals surface area (Å²) in [4.78, 5) is 11.9. The molecule has 2 rings (SSSR count). The SMILES string of the molecule is Cc1cc(C)c(OCC(=O)NC2CCC(C)C2)c(C)c1. The Hall–Kier alpha value is -1.51. The van der Waals surface area contributed by atoms with Gasteiger partial charge in [-0.05, 0) is 57.1 Å². The molecule has 3 heteroatoms. The predicted molar refractivity (Wildman–Crippen MR) is 81.1 cm³/mol. The second-order valence-corrected chi connectivity index (χ2v) is 6.20. The molecular weight excluding hydrogens is 250 g/mol. The van der Waals surface area contributed by atoms with Crippen LogP contribution in [0, 0.1) is 26.7 Å². The van der Waals surface area contributed by atoms with Crippen molar-refractivity contribution in [2.24, 2.45) is 5.92 Å². The van der Waals surface area contributed by atoms with E-state index < -0.39 is 0 Å². The van der Waals surface area contributed by atoms with Crippen LogP contribution in [0.5, 0.6) is 5.75 Å². The fourth-order valence-corrected chi connectivity index (χ4v) is 3.14. The van der Waals surface area contributed by atoms with E-state index in [9.17, 15) is 4.79 Å². The van der Waals surface area contributed by atoms with Crippen molar-refractivity contribution < 1.29 is 9.53 Å². The molecule has 1 aliphatic carbocycles. The molecule has 0 aromatic heterocycles. The third kappa shape index (κ3) is 3.75. The van der Waals surface area contributed by atoms with Crippen LogP contribution in [0.2, 0.25) is 0 Å². The minimum Gasteiger partial charge on any atom is -0.483 e. The quantitative estimate of drug-likeness (QED) is 0.915. The van der Waals surface area contributed by atoms with Gasteiger partial charge in [0.05, 0.1) is 0 Å². The zero-order chi connectivity index (χ0) is 14.7. The van der Waals surface area contributed by atoms with Crippen LogP contribution in [-0.4, -0.2) is 18.6 Å². The summed E-state index contributed by atoms with van der Waals surface area (Å²) in [5, 5.41) is 3.07. The lowest BCUT2D eigenvalue weighted by Gasteiger charge is -2.15. The summed E-state index contributed by atoms with van der Waals surface area (Å²) in [7, 11) is 0. The van der Waals surface area contributed by atoms with Crippen LogP contribution in [0.25, 0.3) is 0 Å². The van der Waals surface area contributed by atoms with Gasteiger partial charge in [-0.2, -0.15) is 0 Å². The first-order valence-electron chi connectivity index (χ1n) is 7.45. The van der Waals surface area contributed by atoms with Crippen molar-refractivity contribution in [3.05, 3.63) is 28.8 Å². The average molecular weight is 275 g/mol. The number of benzene rings is 1. The van der Waals surface area contributed by atoms with Gasteiger partial charge in [-0.3, -0.25) is 4.79 Å². The van der Waals surface area contributed by atoms with E-state index in [-0.39, 0.29) is 12.5 Å². The minimum absolute atomic E-state index is 0.0107. The highest BCUT2D eigenvalue weighted by Crippen LogP contribution is 2.25. The maximum Gasteiger partial charge on any atom is 0.258 e. The van der Waals surface area contributed by atoms with Gasteiger partial charge in [0, 0.05) is 6.04 Å². The summed E-state index contributed by atoms with van der Waals surface area (Å²) in [6, 6.07) is 4.50. The molecule has 20 heavy (non-hydrogen) atoms. The maximum atomic E-state index is 11.9. The van der Waals surface area contributed by atoms with Gasteiger partial charge >= 0.3 is 0 Å². The van der Waals surface area contributed by atoms with Gasteiger partial charge in [0.15, 0.2) is 6.61 Å². The molecule has 0 aliphatic heterocycles. The van der Waals surface area contributed by atoms with Gasteiger partial charge < -0.3 is 10.1 Å². The lowest BCUT2D eigenvalue weighted by Crippen LogP contribution is -2.36. The summed E-state index contributed by atoms with van der Waals surface area (Å²) >= 11 is 0. The largest absolute Gasteiger partial charge is 0.483 e. The van der Waals surface area contributed by atoms with Crippen LogP contribution in [0.3, 0.4) is 0 Å². The number of hydrogen-bond acceptors (Lipinski definition) is 2. The van der Waals surface area contributed by atoms with E-state index in [1.807, 2.05) is 13.8 Å². The summed E-state index contributed by atoms with van der Waals surface area (Å²) in [6.45, 7) is 8.45. The van der Waals surface area contributed by atoms with Crippen molar-refractivity contribution in [3.8, 4) is 5.75 Å². The molecule has 0 saturated heterocycles. The Morgan fingerprint density at radius 3 is 2.45 bits per heavy atom. The van der Waals surface area contributed by atoms with E-state index in [0.29, 0.717) is 6.04 Å². The molecule has 1 saturated carbocycles. The van der Waals surface area contributed by atoms with Crippen molar-refractivity contribution in [3.63, 3.8) is 0 Å². The van der Waals surface area contributed by atoms with E-state index >= 15 is 0 Å². The molecule has 0 spiro atoms. The first-order chi connectivity index (χ1) is 9.45. The lowest BCUT2D eigenvalue weighted by molar-refractivity contribution is -0.123. The van der Waals surface area contributed by atoms with E-state index in [1.165, 1.54) is 12.0 Å². The molecule has 0 bridgehead atoms. The van der Waals surface area contributed by atoms with Crippen LogP contribution in [0.15, 0.2) is 12.1 Å². The number of nitrogens with one attached hydrogen (secondary N) is 1. The Morgan fingerprint density at radius 1 is 1.25 bits per heavy atom. The van der Waals surface area contributed by atoms with Crippen molar-refractivity contribution in [2.45, 2.75) is 53.0 Å². The van der Waals surface area contributed by atoms with Crippen LogP contribution < -0.4 is 10.1 Å². The van der Waals surface area contributed by atoms with Gasteiger partial charge in [0.1, 0.15) is 5.75 Å². The number of rotatable bonds is 4. The third-order valence-electron chi connectivity index (χ3n) is 4.01. The maximum absolute atomic E-state index is 11.9. The molecule has 1 fully saturated rings. The molecule has 1 aromatic rings. The number of aryl methyl sites for hydroxylation is 3. The molecule has 2 atom stereocenters. The Bertz CT molecular complexity index is 473. The number of carbonyl (C=O) groups excluding carboxylic acids is 1. The second kappa shape index (κ2) is 6.29. The Labute approximate surface area is 121 Å². The first kappa shape index (κ1) is 14.9. The molecule has 1 aliphatic rings. The van der Waals surface area contributed by atoms with E-state index in [2.05, 4.69) is 31.3 Å². The average Bonchev–Trinajstić information content (AvgIpc) is 2.73. The Kier molecular flexibility index (Phi) is 4.69. The van der Waals surface area contributed by atoms with E-state index in [0.717, 1.165) is 35.6 Å². The van der Waals surface area contributed by atoms with Gasteiger partial charge in [-0.15, -0.1) is 0 Å². The third-order valence-corrected chi connectivity index (χ3v) is 4.01. The normalized spacial score (nSPS) is 21.8. The first-order valence-corrected chi connectivity index (χ1v) is 7.45. The molecule has 1 N–H and O–H groups in total. The number of ether oxygens (including phenoxy) is 1. The van der Waals surface area contributed by atoms with E-state index in [4.69, 9.17) is 4.74 Å². The lowest BCUT2D eigenvalue weighted by atomic mass is 10.1. The fourth-order valence-electron chi connectivity index (χ4n) is 3.14. The summed E-state index contributed by atoms with van der Waals surface area (Å²) in [6.07, 6.45) is 3.39. The summed E-state index contributed by atoms with van der Waals surface area (Å²) in [5.41, 5.74) is 3.39. The highest BCUT2D eigenvalue weighted by molar-refractivity contribution is 5.78. The number of carbonyl (C=O) groups is 1. The summed E-state index contributed by atoms with van der Waals surface area (Å²) < 4.78 is 5.71. The highest BCUT2D eigenvalue weighted by Gasteiger charge is 2.22. The molecule has 2 unspecified atom stereocenters. The zero-order valence-electron chi connectivity index (χ0n) is 13.0. The molecule has 0 heterocycles. The van der Waals surface area contributed by atoms with Crippen molar-refractivity contribution >= 4 is 5.91 Å². The van der Waals surface area contributed by atoms with Crippen molar-refractivity contribution in [1.29, 1.82) is 0 Å². The molecule has 1 amide bonds. The highest BCUT2D eigenvalue weighted by atomic mass is 16.5. The molecule has 3 nitrogen and oxygen atoms in total. The molecule has 110 valence electrons. The van der Waals surface area contributed by atoms with Crippen LogP contribution in [0.1, 0.15) is 42.9 Å². The standard InChI is InChI=1S/C17H25NO2/c1-11-5-6-15(9-11)18-16(19)10-20-17-13(3)7-12(2)8-14(17)4/h7-8,11,15H,5-6,9-10H2,1-4H3,(H,18,19). The van der Waals surface area contributed by atoms with Gasteiger partial charge in [0.25, 0.3) is 5.91 Å².